The third kappa shape index (κ3) is 2.83. The van der Waals surface area contributed by atoms with E-state index >= 15 is 0 Å². The Kier molecular flexibility index (Phi) is 4.50. The van der Waals surface area contributed by atoms with Crippen molar-refractivity contribution in [3.63, 3.8) is 0 Å². The quantitative estimate of drug-likeness (QED) is 0.794. The van der Waals surface area contributed by atoms with Gasteiger partial charge in [-0.25, -0.2) is 4.98 Å². The third-order valence-electron chi connectivity index (χ3n) is 3.45. The molecule has 0 saturated carbocycles. The number of aromatic nitrogens is 2. The van der Waals surface area contributed by atoms with Gasteiger partial charge in [-0.2, -0.15) is 0 Å². The topological polar surface area (TPSA) is 47.1 Å². The summed E-state index contributed by atoms with van der Waals surface area (Å²) < 4.78 is 2.05. The smallest absolute Gasteiger partial charge is 0.122 e. The monoisotopic (exact) mass is 224 g/mol. The van der Waals surface area contributed by atoms with Gasteiger partial charge in [0.2, 0.25) is 0 Å². The van der Waals surface area contributed by atoms with Crippen molar-refractivity contribution in [1.82, 2.24) is 14.5 Å². The number of likely N-dealkylation sites (N-methyl/N-ethyl adjacent to an activating group) is 1. The molecule has 1 heterocycles. The summed E-state index contributed by atoms with van der Waals surface area (Å²) in [4.78, 5) is 6.65. The van der Waals surface area contributed by atoms with Gasteiger partial charge in [0.25, 0.3) is 0 Å². The minimum absolute atomic E-state index is 0.0701. The summed E-state index contributed by atoms with van der Waals surface area (Å²) >= 11 is 0. The highest BCUT2D eigenvalue weighted by Gasteiger charge is 2.27. The van der Waals surface area contributed by atoms with Crippen LogP contribution in [0.5, 0.6) is 0 Å². The van der Waals surface area contributed by atoms with E-state index in [9.17, 15) is 0 Å². The van der Waals surface area contributed by atoms with Crippen molar-refractivity contribution >= 4 is 0 Å². The van der Waals surface area contributed by atoms with Crippen LogP contribution in [0.15, 0.2) is 12.4 Å². The molecule has 2 N–H and O–H groups in total. The zero-order valence-electron chi connectivity index (χ0n) is 10.9. The number of hydrogen-bond donors (Lipinski definition) is 1. The molecule has 0 aliphatic carbocycles. The van der Waals surface area contributed by atoms with E-state index in [1.54, 1.807) is 0 Å². The van der Waals surface area contributed by atoms with Crippen LogP contribution in [0.1, 0.15) is 32.5 Å². The Labute approximate surface area is 98.5 Å². The maximum Gasteiger partial charge on any atom is 0.122 e. The van der Waals surface area contributed by atoms with Gasteiger partial charge in [0.05, 0.1) is 6.54 Å². The van der Waals surface area contributed by atoms with E-state index in [0.717, 1.165) is 25.2 Å². The molecule has 0 fully saturated rings. The summed E-state index contributed by atoms with van der Waals surface area (Å²) in [5, 5.41) is 0. The predicted molar refractivity (Wildman–Crippen MR) is 67.0 cm³/mol. The van der Waals surface area contributed by atoms with Crippen LogP contribution in [0.25, 0.3) is 0 Å². The Morgan fingerprint density at radius 3 is 2.69 bits per heavy atom. The molecule has 1 unspecified atom stereocenters. The zero-order chi connectivity index (χ0) is 12.2. The lowest BCUT2D eigenvalue weighted by atomic mass is 9.94. The molecule has 1 atom stereocenters. The molecule has 92 valence electrons. The number of imidazole rings is 1. The first-order chi connectivity index (χ1) is 7.53. The minimum atomic E-state index is 0.0701. The number of nitrogens with two attached hydrogens (primary N) is 1. The predicted octanol–water partition coefficient (Wildman–Crippen LogP) is 1.37. The lowest BCUT2D eigenvalue weighted by Gasteiger charge is -2.37. The minimum Gasteiger partial charge on any atom is -0.337 e. The molecule has 4 nitrogen and oxygen atoms in total. The van der Waals surface area contributed by atoms with Crippen LogP contribution < -0.4 is 5.73 Å². The van der Waals surface area contributed by atoms with Gasteiger partial charge in [0, 0.05) is 31.5 Å². The van der Waals surface area contributed by atoms with E-state index < -0.39 is 0 Å². The Balaban J connectivity index is 2.69. The lowest BCUT2D eigenvalue weighted by Crippen LogP contribution is -2.49. The van der Waals surface area contributed by atoms with Gasteiger partial charge in [-0.3, -0.25) is 4.90 Å². The van der Waals surface area contributed by atoms with Crippen LogP contribution in [0, 0.1) is 0 Å². The molecule has 1 aromatic heterocycles. The fraction of sp³-hybridized carbons (Fsp3) is 0.750. The molecule has 0 bridgehead atoms. The second-order valence-electron chi connectivity index (χ2n) is 4.76. The van der Waals surface area contributed by atoms with E-state index in [1.165, 1.54) is 0 Å². The molecule has 0 radical (unpaired) electrons. The summed E-state index contributed by atoms with van der Waals surface area (Å²) in [6, 6.07) is 0. The van der Waals surface area contributed by atoms with Crippen LogP contribution >= 0.6 is 0 Å². The Morgan fingerprint density at radius 2 is 2.25 bits per heavy atom. The number of aryl methyl sites for hydroxylation is 1. The van der Waals surface area contributed by atoms with E-state index in [2.05, 4.69) is 35.3 Å². The van der Waals surface area contributed by atoms with Crippen molar-refractivity contribution in [3.05, 3.63) is 18.2 Å². The maximum atomic E-state index is 5.89. The number of nitrogens with zero attached hydrogens (tertiary/aromatic N) is 3. The SMILES string of the molecule is CCCC(C)(CN)N(C)Cc1nccn1C. The average molecular weight is 224 g/mol. The van der Waals surface area contributed by atoms with Gasteiger partial charge in [0.1, 0.15) is 5.82 Å². The summed E-state index contributed by atoms with van der Waals surface area (Å²) in [6.07, 6.45) is 6.08. The Morgan fingerprint density at radius 1 is 1.56 bits per heavy atom. The first kappa shape index (κ1) is 13.2. The van der Waals surface area contributed by atoms with Gasteiger partial charge in [0.15, 0.2) is 0 Å². The van der Waals surface area contributed by atoms with Gasteiger partial charge in [-0.15, -0.1) is 0 Å². The fourth-order valence-corrected chi connectivity index (χ4v) is 1.94. The molecule has 0 spiro atoms. The largest absolute Gasteiger partial charge is 0.337 e. The molecule has 4 heteroatoms. The standard InChI is InChI=1S/C12H24N4/c1-5-6-12(2,10-13)16(4)9-11-14-7-8-15(11)3/h7-8H,5-6,9-10,13H2,1-4H3. The molecule has 0 aromatic carbocycles. The summed E-state index contributed by atoms with van der Waals surface area (Å²) in [6.45, 7) is 5.95. The molecular weight excluding hydrogens is 200 g/mol. The average Bonchev–Trinajstić information content (AvgIpc) is 2.64. The van der Waals surface area contributed by atoms with Gasteiger partial charge >= 0.3 is 0 Å². The second-order valence-corrected chi connectivity index (χ2v) is 4.76. The van der Waals surface area contributed by atoms with Crippen molar-refractivity contribution in [1.29, 1.82) is 0 Å². The molecule has 16 heavy (non-hydrogen) atoms. The van der Waals surface area contributed by atoms with Gasteiger partial charge < -0.3 is 10.3 Å². The van der Waals surface area contributed by atoms with E-state index in [-0.39, 0.29) is 5.54 Å². The Bertz CT molecular complexity index is 321. The van der Waals surface area contributed by atoms with Crippen LogP contribution in [0.3, 0.4) is 0 Å². The van der Waals surface area contributed by atoms with Crippen LogP contribution in [0.2, 0.25) is 0 Å². The van der Waals surface area contributed by atoms with E-state index in [1.807, 2.05) is 19.4 Å². The van der Waals surface area contributed by atoms with E-state index in [4.69, 9.17) is 5.73 Å². The van der Waals surface area contributed by atoms with Gasteiger partial charge in [-0.1, -0.05) is 13.3 Å². The highest BCUT2D eigenvalue weighted by Crippen LogP contribution is 2.20. The summed E-state index contributed by atoms with van der Waals surface area (Å²) in [5.74, 6) is 1.08. The van der Waals surface area contributed by atoms with Gasteiger partial charge in [-0.05, 0) is 20.4 Å². The highest BCUT2D eigenvalue weighted by atomic mass is 15.2. The number of hydrogen-bond acceptors (Lipinski definition) is 3. The van der Waals surface area contributed by atoms with Crippen molar-refractivity contribution in [2.24, 2.45) is 12.8 Å². The van der Waals surface area contributed by atoms with Crippen molar-refractivity contribution in [2.45, 2.75) is 38.8 Å². The summed E-state index contributed by atoms with van der Waals surface area (Å²) in [7, 11) is 4.15. The van der Waals surface area contributed by atoms with Crippen molar-refractivity contribution < 1.29 is 0 Å². The lowest BCUT2D eigenvalue weighted by molar-refractivity contribution is 0.121. The maximum absolute atomic E-state index is 5.89. The molecule has 0 aliphatic rings. The van der Waals surface area contributed by atoms with E-state index in [0.29, 0.717) is 6.54 Å². The fourth-order valence-electron chi connectivity index (χ4n) is 1.94. The van der Waals surface area contributed by atoms with Crippen LogP contribution in [-0.2, 0) is 13.6 Å². The van der Waals surface area contributed by atoms with Crippen LogP contribution in [-0.4, -0.2) is 33.6 Å². The third-order valence-corrected chi connectivity index (χ3v) is 3.45. The first-order valence-corrected chi connectivity index (χ1v) is 5.91. The zero-order valence-corrected chi connectivity index (χ0v) is 10.9. The molecule has 0 aliphatic heterocycles. The second kappa shape index (κ2) is 5.46. The molecular formula is C12H24N4. The van der Waals surface area contributed by atoms with Crippen molar-refractivity contribution in [3.8, 4) is 0 Å². The molecule has 0 amide bonds. The Hall–Kier alpha value is -0.870. The normalized spacial score (nSPS) is 15.4. The molecule has 1 rings (SSSR count). The molecule has 0 saturated heterocycles. The molecule has 1 aromatic rings. The number of rotatable bonds is 6. The van der Waals surface area contributed by atoms with Crippen LogP contribution in [0.4, 0.5) is 0 Å². The highest BCUT2D eigenvalue weighted by molar-refractivity contribution is 4.94. The first-order valence-electron chi connectivity index (χ1n) is 5.91. The summed E-state index contributed by atoms with van der Waals surface area (Å²) in [5.41, 5.74) is 5.96. The van der Waals surface area contributed by atoms with Crippen molar-refractivity contribution in [2.75, 3.05) is 13.6 Å².